The van der Waals surface area contributed by atoms with E-state index in [-0.39, 0.29) is 0 Å². The van der Waals surface area contributed by atoms with Crippen LogP contribution in [0.15, 0.2) is 273 Å². The highest BCUT2D eigenvalue weighted by atomic mass is 32.1. The third-order valence-corrected chi connectivity index (χ3v) is 15.3. The van der Waals surface area contributed by atoms with Gasteiger partial charge in [-0.1, -0.05) is 231 Å². The lowest BCUT2D eigenvalue weighted by Crippen LogP contribution is -2.28. The molecule has 0 aliphatic heterocycles. The van der Waals surface area contributed by atoms with Crippen molar-refractivity contribution in [3.63, 3.8) is 0 Å². The number of fused-ring (bicyclic) bond motifs is 6. The molecular formula is C67H45NS. The fourth-order valence-corrected chi connectivity index (χ4v) is 12.2. The van der Waals surface area contributed by atoms with Crippen LogP contribution < -0.4 is 4.90 Å². The van der Waals surface area contributed by atoms with E-state index < -0.39 is 5.41 Å². The first-order valence-electron chi connectivity index (χ1n) is 23.7. The van der Waals surface area contributed by atoms with Crippen LogP contribution in [0, 0.1) is 0 Å². The summed E-state index contributed by atoms with van der Waals surface area (Å²) in [6, 6.07) is 100. The van der Waals surface area contributed by atoms with Gasteiger partial charge in [-0.3, -0.25) is 0 Å². The smallest absolute Gasteiger partial charge is 0.0714 e. The lowest BCUT2D eigenvalue weighted by molar-refractivity contribution is 0.770. The predicted molar refractivity (Wildman–Crippen MR) is 293 cm³/mol. The summed E-state index contributed by atoms with van der Waals surface area (Å²) in [4.78, 5) is 2.41. The lowest BCUT2D eigenvalue weighted by atomic mass is 9.67. The van der Waals surface area contributed by atoms with Gasteiger partial charge in [-0.05, 0) is 120 Å². The molecule has 2 heteroatoms. The summed E-state index contributed by atoms with van der Waals surface area (Å²) in [5, 5.41) is 2.57. The zero-order chi connectivity index (χ0) is 45.7. The van der Waals surface area contributed by atoms with Gasteiger partial charge in [0.1, 0.15) is 0 Å². The molecule has 0 amide bonds. The minimum Gasteiger partial charge on any atom is -0.310 e. The van der Waals surface area contributed by atoms with Gasteiger partial charge in [0.05, 0.1) is 5.41 Å². The van der Waals surface area contributed by atoms with E-state index in [1.54, 1.807) is 0 Å². The van der Waals surface area contributed by atoms with E-state index in [9.17, 15) is 0 Å². The molecule has 1 aliphatic carbocycles. The Hall–Kier alpha value is -8.56. The summed E-state index contributed by atoms with van der Waals surface area (Å²) in [6.45, 7) is 0. The van der Waals surface area contributed by atoms with Gasteiger partial charge in [0.15, 0.2) is 0 Å². The quantitative estimate of drug-likeness (QED) is 0.140. The molecule has 0 radical (unpaired) electrons. The van der Waals surface area contributed by atoms with Gasteiger partial charge in [-0.25, -0.2) is 0 Å². The minimum absolute atomic E-state index is 0.508. The van der Waals surface area contributed by atoms with Crippen molar-refractivity contribution in [3.05, 3.63) is 295 Å². The first-order chi connectivity index (χ1) is 34.2. The maximum absolute atomic E-state index is 2.53. The Labute approximate surface area is 407 Å². The maximum atomic E-state index is 2.53. The van der Waals surface area contributed by atoms with E-state index in [1.165, 1.54) is 98.1 Å². The fraction of sp³-hybridized carbons (Fsp3) is 0.0149. The molecule has 0 fully saturated rings. The molecule has 324 valence electrons. The molecule has 0 N–H and O–H groups in total. The van der Waals surface area contributed by atoms with E-state index in [2.05, 4.69) is 278 Å². The highest BCUT2D eigenvalue weighted by molar-refractivity contribution is 7.26. The van der Waals surface area contributed by atoms with Gasteiger partial charge in [-0.2, -0.15) is 0 Å². The van der Waals surface area contributed by atoms with Crippen LogP contribution in [0.1, 0.15) is 22.3 Å². The average Bonchev–Trinajstić information content (AvgIpc) is 3.95. The summed E-state index contributed by atoms with van der Waals surface area (Å²) in [5.74, 6) is 0. The molecule has 69 heavy (non-hydrogen) atoms. The molecule has 11 aromatic carbocycles. The normalized spacial score (nSPS) is 12.5. The topological polar surface area (TPSA) is 3.24 Å². The van der Waals surface area contributed by atoms with Crippen molar-refractivity contribution in [1.82, 2.24) is 0 Å². The number of benzene rings is 11. The second-order valence-corrected chi connectivity index (χ2v) is 19.0. The number of anilines is 3. The lowest BCUT2D eigenvalue weighted by Gasteiger charge is -2.34. The Morgan fingerprint density at radius 2 is 0.696 bits per heavy atom. The number of thiophene rings is 1. The zero-order valence-electron chi connectivity index (χ0n) is 37.8. The summed E-state index contributed by atoms with van der Waals surface area (Å²) in [5.41, 5.74) is 20.3. The van der Waals surface area contributed by atoms with Crippen LogP contribution in [0.4, 0.5) is 17.1 Å². The molecule has 13 rings (SSSR count). The Morgan fingerprint density at radius 1 is 0.290 bits per heavy atom. The Balaban J connectivity index is 0.997. The molecule has 1 aliphatic rings. The monoisotopic (exact) mass is 895 g/mol. The van der Waals surface area contributed by atoms with Crippen molar-refractivity contribution in [3.8, 4) is 55.6 Å². The van der Waals surface area contributed by atoms with E-state index in [0.29, 0.717) is 0 Å². The average molecular weight is 896 g/mol. The van der Waals surface area contributed by atoms with Crippen molar-refractivity contribution < 1.29 is 0 Å². The zero-order valence-corrected chi connectivity index (χ0v) is 38.7. The number of hydrogen-bond donors (Lipinski definition) is 0. The number of hydrogen-bond acceptors (Lipinski definition) is 2. The Kier molecular flexibility index (Phi) is 10.00. The Bertz CT molecular complexity index is 3730. The van der Waals surface area contributed by atoms with Crippen molar-refractivity contribution in [2.75, 3.05) is 4.90 Å². The van der Waals surface area contributed by atoms with Crippen molar-refractivity contribution >= 4 is 48.6 Å². The second kappa shape index (κ2) is 16.9. The maximum Gasteiger partial charge on any atom is 0.0714 e. The van der Waals surface area contributed by atoms with Gasteiger partial charge in [-0.15, -0.1) is 11.3 Å². The fourth-order valence-electron chi connectivity index (χ4n) is 11.0. The molecule has 0 spiro atoms. The van der Waals surface area contributed by atoms with Gasteiger partial charge >= 0.3 is 0 Å². The third kappa shape index (κ3) is 6.83. The summed E-state index contributed by atoms with van der Waals surface area (Å²) in [6.07, 6.45) is 0. The van der Waals surface area contributed by atoms with E-state index >= 15 is 0 Å². The summed E-state index contributed by atoms with van der Waals surface area (Å²) < 4.78 is 2.54. The molecule has 0 bridgehead atoms. The van der Waals surface area contributed by atoms with Gasteiger partial charge in [0.2, 0.25) is 0 Å². The first kappa shape index (κ1) is 40.7. The number of nitrogens with zero attached hydrogens (tertiary/aromatic N) is 1. The van der Waals surface area contributed by atoms with Crippen LogP contribution in [-0.2, 0) is 5.41 Å². The molecular weight excluding hydrogens is 851 g/mol. The van der Waals surface area contributed by atoms with Crippen LogP contribution in [0.5, 0.6) is 0 Å². The largest absolute Gasteiger partial charge is 0.310 e. The molecule has 1 heterocycles. The van der Waals surface area contributed by atoms with Crippen LogP contribution >= 0.6 is 11.3 Å². The molecule has 0 unspecified atom stereocenters. The third-order valence-electron chi connectivity index (χ3n) is 14.2. The van der Waals surface area contributed by atoms with E-state index in [0.717, 1.165) is 17.1 Å². The van der Waals surface area contributed by atoms with Crippen molar-refractivity contribution in [2.45, 2.75) is 5.41 Å². The molecule has 0 saturated carbocycles. The van der Waals surface area contributed by atoms with Crippen LogP contribution in [0.2, 0.25) is 0 Å². The Morgan fingerprint density at radius 3 is 1.20 bits per heavy atom. The second-order valence-electron chi connectivity index (χ2n) is 18.0. The molecule has 1 nitrogen and oxygen atoms in total. The first-order valence-corrected chi connectivity index (χ1v) is 24.6. The highest BCUT2D eigenvalue weighted by Crippen LogP contribution is 2.61. The van der Waals surface area contributed by atoms with Gasteiger partial charge < -0.3 is 4.90 Å². The van der Waals surface area contributed by atoms with Crippen LogP contribution in [0.25, 0.3) is 75.8 Å². The highest BCUT2D eigenvalue weighted by Gasteiger charge is 2.47. The predicted octanol–water partition coefficient (Wildman–Crippen LogP) is 18.6. The standard InChI is InChI=1S/C67H45NS/c1-6-18-46(19-7-1)48-30-32-49(33-31-48)51-36-40-56(41-37-51)68(55-38-34-50(35-39-55)47-20-8-2-9-21-47)57-42-43-59-62(44-57)69-63-45-61-65(64(66(59)63)52-22-10-3-11-23-52)58-28-16-17-29-60(58)67(61,53-24-12-4-13-25-53)54-26-14-5-15-27-54/h1-45H. The number of rotatable bonds is 9. The molecule has 12 aromatic rings. The van der Waals surface area contributed by atoms with Gasteiger partial charge in [0, 0.05) is 37.2 Å². The molecule has 0 atom stereocenters. The summed E-state index contributed by atoms with van der Waals surface area (Å²) in [7, 11) is 0. The van der Waals surface area contributed by atoms with Crippen LogP contribution in [-0.4, -0.2) is 0 Å². The van der Waals surface area contributed by atoms with Gasteiger partial charge in [0.25, 0.3) is 0 Å². The van der Waals surface area contributed by atoms with Crippen molar-refractivity contribution in [1.29, 1.82) is 0 Å². The van der Waals surface area contributed by atoms with Crippen molar-refractivity contribution in [2.24, 2.45) is 0 Å². The van der Waals surface area contributed by atoms with E-state index in [1.807, 2.05) is 11.3 Å². The van der Waals surface area contributed by atoms with E-state index in [4.69, 9.17) is 0 Å². The van der Waals surface area contributed by atoms with Crippen LogP contribution in [0.3, 0.4) is 0 Å². The molecule has 1 aromatic heterocycles. The SMILES string of the molecule is c1ccc(-c2ccc(-c3ccc(N(c4ccc(-c5ccccc5)cc4)c4ccc5c(c4)sc4cc6c(c(-c7ccccc7)c45)-c4ccccc4C6(c4ccccc4)c4ccccc4)cc3)cc2)cc1. The molecule has 0 saturated heterocycles. The summed E-state index contributed by atoms with van der Waals surface area (Å²) >= 11 is 1.90. The minimum atomic E-state index is -0.508.